The third-order valence-corrected chi connectivity index (χ3v) is 3.67. The fourth-order valence-electron chi connectivity index (χ4n) is 2.12. The summed E-state index contributed by atoms with van der Waals surface area (Å²) in [6.45, 7) is 5.35. The van der Waals surface area contributed by atoms with Crippen LogP contribution in [0.4, 0.5) is 0 Å². The Morgan fingerprint density at radius 3 is 2.52 bits per heavy atom. The Hall–Kier alpha value is -1.82. The second kappa shape index (κ2) is 5.89. The maximum absolute atomic E-state index is 12.1. The quantitative estimate of drug-likeness (QED) is 0.883. The molecular weight excluding hydrogens is 338 g/mol. The summed E-state index contributed by atoms with van der Waals surface area (Å²) in [7, 11) is 0. The number of carbonyl (C=O) groups excluding carboxylic acids is 1. The predicted molar refractivity (Wildman–Crippen MR) is 82.4 cm³/mol. The van der Waals surface area contributed by atoms with E-state index in [1.807, 2.05) is 19.1 Å². The van der Waals surface area contributed by atoms with Crippen molar-refractivity contribution in [2.45, 2.75) is 26.8 Å². The van der Waals surface area contributed by atoms with E-state index < -0.39 is 17.9 Å². The molecule has 1 aromatic carbocycles. The van der Waals surface area contributed by atoms with Gasteiger partial charge in [0.1, 0.15) is 11.6 Å². The lowest BCUT2D eigenvalue weighted by molar-refractivity contribution is -0.140. The van der Waals surface area contributed by atoms with E-state index in [2.05, 4.69) is 21.2 Å². The van der Waals surface area contributed by atoms with Crippen molar-refractivity contribution in [3.8, 4) is 0 Å². The maximum Gasteiger partial charge on any atom is 0.326 e. The zero-order valence-corrected chi connectivity index (χ0v) is 13.5. The molecule has 5 nitrogen and oxygen atoms in total. The van der Waals surface area contributed by atoms with E-state index in [1.54, 1.807) is 19.9 Å². The van der Waals surface area contributed by atoms with Crippen LogP contribution in [0, 0.1) is 12.8 Å². The van der Waals surface area contributed by atoms with Crippen LogP contribution in [0.5, 0.6) is 0 Å². The van der Waals surface area contributed by atoms with Gasteiger partial charge in [-0.05, 0) is 36.6 Å². The number of hydrogen-bond donors (Lipinski definition) is 2. The number of aliphatic carboxylic acids is 1. The predicted octanol–water partition coefficient (Wildman–Crippen LogP) is 3.34. The summed E-state index contributed by atoms with van der Waals surface area (Å²) in [5.41, 5.74) is 1.52. The smallest absolute Gasteiger partial charge is 0.326 e. The van der Waals surface area contributed by atoms with E-state index in [4.69, 9.17) is 9.52 Å². The number of carboxylic acids is 1. The molecular formula is C15H16BrNO4. The third kappa shape index (κ3) is 3.26. The number of carboxylic acid groups (broad SMARTS) is 1. The van der Waals surface area contributed by atoms with Crippen LogP contribution < -0.4 is 5.32 Å². The van der Waals surface area contributed by atoms with Crippen LogP contribution in [0.2, 0.25) is 0 Å². The fourth-order valence-corrected chi connectivity index (χ4v) is 2.71. The number of halogens is 1. The molecule has 2 rings (SSSR count). The fraction of sp³-hybridized carbons (Fsp3) is 0.333. The van der Waals surface area contributed by atoms with Crippen LogP contribution in [0.3, 0.4) is 0 Å². The van der Waals surface area contributed by atoms with Crippen molar-refractivity contribution < 1.29 is 19.1 Å². The number of rotatable bonds is 4. The van der Waals surface area contributed by atoms with E-state index in [9.17, 15) is 9.59 Å². The van der Waals surface area contributed by atoms with E-state index in [0.717, 1.165) is 15.4 Å². The van der Waals surface area contributed by atoms with Crippen molar-refractivity contribution in [1.29, 1.82) is 0 Å². The summed E-state index contributed by atoms with van der Waals surface area (Å²) in [6.07, 6.45) is 0. The van der Waals surface area contributed by atoms with Crippen LogP contribution in [-0.2, 0) is 4.79 Å². The maximum atomic E-state index is 12.1. The zero-order chi connectivity index (χ0) is 15.7. The average Bonchev–Trinajstić information content (AvgIpc) is 2.78. The Kier molecular flexibility index (Phi) is 4.37. The first-order chi connectivity index (χ1) is 9.79. The number of nitrogens with one attached hydrogen (secondary N) is 1. The minimum atomic E-state index is -1.06. The van der Waals surface area contributed by atoms with E-state index in [-0.39, 0.29) is 11.7 Å². The van der Waals surface area contributed by atoms with Gasteiger partial charge in [-0.3, -0.25) is 4.79 Å². The van der Waals surface area contributed by atoms with Gasteiger partial charge in [-0.15, -0.1) is 0 Å². The monoisotopic (exact) mass is 353 g/mol. The molecule has 112 valence electrons. The first-order valence-corrected chi connectivity index (χ1v) is 7.32. The topological polar surface area (TPSA) is 79.5 Å². The van der Waals surface area contributed by atoms with Gasteiger partial charge in [-0.2, -0.15) is 0 Å². The van der Waals surface area contributed by atoms with Gasteiger partial charge >= 0.3 is 5.97 Å². The van der Waals surface area contributed by atoms with Crippen molar-refractivity contribution in [3.05, 3.63) is 34.0 Å². The molecule has 1 aromatic heterocycles. The minimum absolute atomic E-state index is 0.109. The van der Waals surface area contributed by atoms with Crippen LogP contribution in [0.25, 0.3) is 11.0 Å². The summed E-state index contributed by atoms with van der Waals surface area (Å²) in [4.78, 5) is 23.3. The summed E-state index contributed by atoms with van der Waals surface area (Å²) in [5.74, 6) is -1.69. The van der Waals surface area contributed by atoms with Crippen molar-refractivity contribution in [2.75, 3.05) is 0 Å². The molecule has 6 heteroatoms. The van der Waals surface area contributed by atoms with E-state index in [1.165, 1.54) is 0 Å². The molecule has 0 aliphatic carbocycles. The number of hydrogen-bond acceptors (Lipinski definition) is 3. The van der Waals surface area contributed by atoms with Crippen molar-refractivity contribution in [3.63, 3.8) is 0 Å². The first-order valence-electron chi connectivity index (χ1n) is 6.53. The molecule has 0 saturated heterocycles. The van der Waals surface area contributed by atoms with E-state index >= 15 is 0 Å². The average molecular weight is 354 g/mol. The van der Waals surface area contributed by atoms with Crippen LogP contribution in [-0.4, -0.2) is 23.0 Å². The molecule has 1 amide bonds. The molecule has 0 bridgehead atoms. The van der Waals surface area contributed by atoms with E-state index in [0.29, 0.717) is 5.58 Å². The molecule has 0 radical (unpaired) electrons. The molecule has 0 spiro atoms. The van der Waals surface area contributed by atoms with Crippen molar-refractivity contribution >= 4 is 38.8 Å². The summed E-state index contributed by atoms with van der Waals surface area (Å²) >= 11 is 3.39. The van der Waals surface area contributed by atoms with Crippen LogP contribution in [0.1, 0.15) is 30.0 Å². The Bertz CT molecular complexity index is 705. The standard InChI is InChI=1S/C15H16BrNO4/c1-7(2)12(15(19)20)17-14(18)11-6-9-5-10(16)4-8(3)13(9)21-11/h4-7,12H,1-3H3,(H,17,18)(H,19,20)/t12-/m0/s1. The van der Waals surface area contributed by atoms with Gasteiger partial charge in [-0.25, -0.2) is 4.79 Å². The molecule has 0 saturated carbocycles. The lowest BCUT2D eigenvalue weighted by Gasteiger charge is -2.16. The van der Waals surface area contributed by atoms with Gasteiger partial charge in [0.15, 0.2) is 5.76 Å². The molecule has 0 aliphatic heterocycles. The van der Waals surface area contributed by atoms with Gasteiger partial charge in [0, 0.05) is 9.86 Å². The second-order valence-electron chi connectivity index (χ2n) is 5.29. The van der Waals surface area contributed by atoms with Gasteiger partial charge in [0.2, 0.25) is 0 Å². The number of aryl methyl sites for hydroxylation is 1. The molecule has 1 heterocycles. The van der Waals surface area contributed by atoms with Gasteiger partial charge in [0.05, 0.1) is 0 Å². The lowest BCUT2D eigenvalue weighted by Crippen LogP contribution is -2.44. The number of carbonyl (C=O) groups is 2. The largest absolute Gasteiger partial charge is 0.480 e. The highest BCUT2D eigenvalue weighted by Crippen LogP contribution is 2.27. The summed E-state index contributed by atoms with van der Waals surface area (Å²) in [6, 6.07) is 4.40. The summed E-state index contributed by atoms with van der Waals surface area (Å²) in [5, 5.41) is 12.4. The Balaban J connectivity index is 2.31. The Labute approximate surface area is 130 Å². The highest BCUT2D eigenvalue weighted by atomic mass is 79.9. The molecule has 0 fully saturated rings. The zero-order valence-electron chi connectivity index (χ0n) is 11.9. The van der Waals surface area contributed by atoms with Gasteiger partial charge < -0.3 is 14.8 Å². The molecule has 21 heavy (non-hydrogen) atoms. The first kappa shape index (κ1) is 15.6. The highest BCUT2D eigenvalue weighted by molar-refractivity contribution is 9.10. The highest BCUT2D eigenvalue weighted by Gasteiger charge is 2.25. The van der Waals surface area contributed by atoms with Gasteiger partial charge in [-0.1, -0.05) is 29.8 Å². The minimum Gasteiger partial charge on any atom is -0.480 e. The third-order valence-electron chi connectivity index (χ3n) is 3.21. The Morgan fingerprint density at radius 1 is 1.29 bits per heavy atom. The number of amides is 1. The lowest BCUT2D eigenvalue weighted by atomic mass is 10.0. The van der Waals surface area contributed by atoms with Crippen LogP contribution >= 0.6 is 15.9 Å². The second-order valence-corrected chi connectivity index (χ2v) is 6.20. The molecule has 0 unspecified atom stereocenters. The summed E-state index contributed by atoms with van der Waals surface area (Å²) < 4.78 is 6.44. The Morgan fingerprint density at radius 2 is 1.95 bits per heavy atom. The van der Waals surface area contributed by atoms with Crippen molar-refractivity contribution in [1.82, 2.24) is 5.32 Å². The number of benzene rings is 1. The molecule has 1 atom stereocenters. The normalized spacial score (nSPS) is 12.6. The number of fused-ring (bicyclic) bond motifs is 1. The molecule has 2 N–H and O–H groups in total. The SMILES string of the molecule is Cc1cc(Br)cc2cc(C(=O)N[C@H](C(=O)O)C(C)C)oc12. The van der Waals surface area contributed by atoms with Crippen LogP contribution in [0.15, 0.2) is 27.1 Å². The van der Waals surface area contributed by atoms with Crippen molar-refractivity contribution in [2.24, 2.45) is 5.92 Å². The number of furan rings is 1. The van der Waals surface area contributed by atoms with Gasteiger partial charge in [0.25, 0.3) is 5.91 Å². The molecule has 2 aromatic rings. The molecule has 0 aliphatic rings.